The van der Waals surface area contributed by atoms with Crippen LogP contribution in [0, 0.1) is 0 Å². The minimum Gasteiger partial charge on any atom is -0.480 e. The third kappa shape index (κ3) is 9.25. The Kier molecular flexibility index (Phi) is 11.7. The number of amides is 3. The molecule has 0 aliphatic carbocycles. The second-order valence-corrected chi connectivity index (χ2v) is 8.43. The van der Waals surface area contributed by atoms with E-state index < -0.39 is 54.0 Å². The van der Waals surface area contributed by atoms with Gasteiger partial charge in [-0.05, 0) is 37.8 Å². The average Bonchev–Trinajstić information content (AvgIpc) is 2.74. The number of carbonyl (C=O) groups is 4. The van der Waals surface area contributed by atoms with Gasteiger partial charge in [-0.2, -0.15) is 11.8 Å². The molecule has 3 amide bonds. The lowest BCUT2D eigenvalue weighted by atomic mass is 10.0. The van der Waals surface area contributed by atoms with E-state index in [1.807, 2.05) is 6.26 Å². The molecule has 0 aromatic heterocycles. The molecule has 1 rings (SSSR count). The number of nitrogens with one attached hydrogen (secondary N) is 3. The molecule has 32 heavy (non-hydrogen) atoms. The molecule has 7 N–H and O–H groups in total. The number of carbonyl (C=O) groups excluding carboxylic acids is 3. The topological polar surface area (TPSA) is 171 Å². The third-order valence-corrected chi connectivity index (χ3v) is 5.26. The van der Waals surface area contributed by atoms with Gasteiger partial charge in [0, 0.05) is 6.42 Å². The van der Waals surface area contributed by atoms with Crippen molar-refractivity contribution >= 4 is 35.5 Å². The highest BCUT2D eigenvalue weighted by molar-refractivity contribution is 7.98. The van der Waals surface area contributed by atoms with Gasteiger partial charge in [-0.25, -0.2) is 4.79 Å². The summed E-state index contributed by atoms with van der Waals surface area (Å²) < 4.78 is 0. The number of aliphatic carboxylic acids is 1. The van der Waals surface area contributed by atoms with Gasteiger partial charge in [-0.3, -0.25) is 14.4 Å². The molecule has 1 aromatic carbocycles. The monoisotopic (exact) mass is 468 g/mol. The summed E-state index contributed by atoms with van der Waals surface area (Å²) >= 11 is 1.49. The molecule has 0 bridgehead atoms. The second-order valence-electron chi connectivity index (χ2n) is 7.45. The molecule has 5 unspecified atom stereocenters. The third-order valence-electron chi connectivity index (χ3n) is 4.62. The van der Waals surface area contributed by atoms with Crippen LogP contribution in [0.15, 0.2) is 30.3 Å². The number of aliphatic hydroxyl groups excluding tert-OH is 1. The Labute approximate surface area is 191 Å². The summed E-state index contributed by atoms with van der Waals surface area (Å²) in [5, 5.41) is 26.4. The maximum Gasteiger partial charge on any atom is 0.328 e. The molecule has 10 nitrogen and oxygen atoms in total. The Hall–Kier alpha value is -2.63. The van der Waals surface area contributed by atoms with E-state index in [2.05, 4.69) is 16.0 Å². The molecule has 178 valence electrons. The van der Waals surface area contributed by atoms with E-state index in [0.29, 0.717) is 12.2 Å². The van der Waals surface area contributed by atoms with Crippen LogP contribution in [0.3, 0.4) is 0 Å². The molecule has 0 aliphatic rings. The van der Waals surface area contributed by atoms with Crippen molar-refractivity contribution in [3.63, 3.8) is 0 Å². The standard InChI is InChI=1S/C21H32N4O6S/c1-12(22)18(27)23-15(9-10-32-3)19(28)24-16(11-14-7-5-4-6-8-14)20(29)25-17(13(2)26)21(30)31/h4-8,12-13,15-17,26H,9-11,22H2,1-3H3,(H,23,27)(H,24,28)(H,25,29)(H,30,31). The van der Waals surface area contributed by atoms with Gasteiger partial charge in [0.05, 0.1) is 12.1 Å². The number of thioether (sulfide) groups is 1. The molecule has 0 radical (unpaired) electrons. The van der Waals surface area contributed by atoms with Gasteiger partial charge in [-0.15, -0.1) is 0 Å². The Bertz CT molecular complexity index is 775. The van der Waals surface area contributed by atoms with Crippen molar-refractivity contribution in [3.05, 3.63) is 35.9 Å². The zero-order valence-electron chi connectivity index (χ0n) is 18.4. The van der Waals surface area contributed by atoms with Gasteiger partial charge in [-0.1, -0.05) is 30.3 Å². The predicted molar refractivity (Wildman–Crippen MR) is 122 cm³/mol. The molecule has 0 saturated heterocycles. The van der Waals surface area contributed by atoms with Crippen molar-refractivity contribution in [3.8, 4) is 0 Å². The van der Waals surface area contributed by atoms with Gasteiger partial charge >= 0.3 is 5.97 Å². The predicted octanol–water partition coefficient (Wildman–Crippen LogP) is -0.751. The SMILES string of the molecule is CSCCC(NC(=O)C(C)N)C(=O)NC(Cc1ccccc1)C(=O)NC(C(=O)O)C(C)O. The van der Waals surface area contributed by atoms with Gasteiger partial charge in [0.15, 0.2) is 6.04 Å². The first-order chi connectivity index (χ1) is 15.1. The van der Waals surface area contributed by atoms with E-state index in [1.54, 1.807) is 30.3 Å². The molecule has 11 heteroatoms. The highest BCUT2D eigenvalue weighted by Gasteiger charge is 2.31. The lowest BCUT2D eigenvalue weighted by Crippen LogP contribution is -2.58. The molecule has 0 saturated carbocycles. The highest BCUT2D eigenvalue weighted by Crippen LogP contribution is 2.07. The fourth-order valence-electron chi connectivity index (χ4n) is 2.78. The molecule has 0 spiro atoms. The van der Waals surface area contributed by atoms with E-state index in [-0.39, 0.29) is 6.42 Å². The summed E-state index contributed by atoms with van der Waals surface area (Å²) in [4.78, 5) is 49.2. The molecule has 0 heterocycles. The number of hydrogen-bond acceptors (Lipinski definition) is 7. The lowest BCUT2D eigenvalue weighted by molar-refractivity contribution is -0.145. The van der Waals surface area contributed by atoms with Crippen LogP contribution in [0.1, 0.15) is 25.8 Å². The number of rotatable bonds is 13. The zero-order chi connectivity index (χ0) is 24.3. The molecule has 0 aliphatic heterocycles. The van der Waals surface area contributed by atoms with Crippen molar-refractivity contribution in [2.24, 2.45) is 5.73 Å². The number of aliphatic hydroxyl groups is 1. The van der Waals surface area contributed by atoms with Crippen molar-refractivity contribution in [2.45, 2.75) is 57.0 Å². The van der Waals surface area contributed by atoms with Crippen molar-refractivity contribution < 1.29 is 29.4 Å². The van der Waals surface area contributed by atoms with Gasteiger partial charge in [0.1, 0.15) is 12.1 Å². The molecular formula is C21H32N4O6S. The van der Waals surface area contributed by atoms with Crippen LogP contribution in [0.4, 0.5) is 0 Å². The van der Waals surface area contributed by atoms with E-state index >= 15 is 0 Å². The van der Waals surface area contributed by atoms with Crippen LogP contribution < -0.4 is 21.7 Å². The summed E-state index contributed by atoms with van der Waals surface area (Å²) in [5.41, 5.74) is 6.32. The Balaban J connectivity index is 3.07. The number of carboxylic acid groups (broad SMARTS) is 1. The Morgan fingerprint density at radius 1 is 0.969 bits per heavy atom. The lowest BCUT2D eigenvalue weighted by Gasteiger charge is -2.25. The molecule has 1 aromatic rings. The minimum atomic E-state index is -1.54. The zero-order valence-corrected chi connectivity index (χ0v) is 19.2. The number of benzene rings is 1. The maximum absolute atomic E-state index is 12.9. The van der Waals surface area contributed by atoms with Crippen LogP contribution >= 0.6 is 11.8 Å². The van der Waals surface area contributed by atoms with Crippen LogP contribution in [0.25, 0.3) is 0 Å². The number of nitrogens with two attached hydrogens (primary N) is 1. The first-order valence-corrected chi connectivity index (χ1v) is 11.6. The average molecular weight is 469 g/mol. The van der Waals surface area contributed by atoms with E-state index in [0.717, 1.165) is 5.56 Å². The van der Waals surface area contributed by atoms with E-state index in [1.165, 1.54) is 25.6 Å². The fourth-order valence-corrected chi connectivity index (χ4v) is 3.25. The summed E-state index contributed by atoms with van der Waals surface area (Å²) in [6.45, 7) is 2.73. The van der Waals surface area contributed by atoms with Crippen LogP contribution in [0.5, 0.6) is 0 Å². The van der Waals surface area contributed by atoms with Crippen molar-refractivity contribution in [2.75, 3.05) is 12.0 Å². The smallest absolute Gasteiger partial charge is 0.328 e. The quantitative estimate of drug-likeness (QED) is 0.219. The van der Waals surface area contributed by atoms with Gasteiger partial charge in [0.2, 0.25) is 17.7 Å². The summed E-state index contributed by atoms with van der Waals surface area (Å²) in [6.07, 6.45) is 0.914. The van der Waals surface area contributed by atoms with Crippen LogP contribution in [-0.2, 0) is 25.6 Å². The maximum atomic E-state index is 12.9. The highest BCUT2D eigenvalue weighted by atomic mass is 32.2. The van der Waals surface area contributed by atoms with Gasteiger partial charge in [0.25, 0.3) is 0 Å². The van der Waals surface area contributed by atoms with Crippen molar-refractivity contribution in [1.82, 2.24) is 16.0 Å². The molecule has 0 fully saturated rings. The van der Waals surface area contributed by atoms with E-state index in [4.69, 9.17) is 5.73 Å². The van der Waals surface area contributed by atoms with Crippen molar-refractivity contribution in [1.29, 1.82) is 0 Å². The van der Waals surface area contributed by atoms with Gasteiger partial charge < -0.3 is 31.9 Å². The number of carboxylic acids is 1. The summed E-state index contributed by atoms with van der Waals surface area (Å²) in [5.74, 6) is -2.68. The van der Waals surface area contributed by atoms with Crippen LogP contribution in [0.2, 0.25) is 0 Å². The Morgan fingerprint density at radius 3 is 2.03 bits per heavy atom. The fraction of sp³-hybridized carbons (Fsp3) is 0.524. The van der Waals surface area contributed by atoms with E-state index in [9.17, 15) is 29.4 Å². The van der Waals surface area contributed by atoms with Crippen LogP contribution in [-0.4, -0.2) is 76.2 Å². The first-order valence-electron chi connectivity index (χ1n) is 10.2. The number of hydrogen-bond donors (Lipinski definition) is 6. The molecule has 5 atom stereocenters. The second kappa shape index (κ2) is 13.7. The summed E-state index contributed by atoms with van der Waals surface area (Å²) in [7, 11) is 0. The first kappa shape index (κ1) is 27.4. The Morgan fingerprint density at radius 2 is 1.53 bits per heavy atom. The summed E-state index contributed by atoms with van der Waals surface area (Å²) in [6, 6.07) is 4.46. The molecular weight excluding hydrogens is 436 g/mol. The normalized spacial score (nSPS) is 15.5. The largest absolute Gasteiger partial charge is 0.480 e. The minimum absolute atomic E-state index is 0.0844.